The van der Waals surface area contributed by atoms with Crippen LogP contribution in [-0.4, -0.2) is 38.1 Å². The van der Waals surface area contributed by atoms with Gasteiger partial charge in [-0.25, -0.2) is 0 Å². The fourth-order valence-corrected chi connectivity index (χ4v) is 12.7. The number of unbranched alkanes of at least 4 members (excludes halogenated alkanes) is 2. The molecule has 0 atom stereocenters. The predicted molar refractivity (Wildman–Crippen MR) is 178 cm³/mol. The predicted octanol–water partition coefficient (Wildman–Crippen LogP) is 9.91. The average Bonchev–Trinajstić information content (AvgIpc) is 3.49. The van der Waals surface area contributed by atoms with Crippen LogP contribution in [0.4, 0.5) is 11.4 Å². The van der Waals surface area contributed by atoms with E-state index < -0.39 is 20.1 Å². The van der Waals surface area contributed by atoms with E-state index >= 15 is 0 Å². The van der Waals surface area contributed by atoms with Gasteiger partial charge in [-0.2, -0.15) is 20.1 Å². The quantitative estimate of drug-likeness (QED) is 0.298. The van der Waals surface area contributed by atoms with Crippen LogP contribution in [0.15, 0.2) is 92.6 Å². The van der Waals surface area contributed by atoms with E-state index in [1.165, 1.54) is 48.2 Å². The SMILES string of the molecule is CCCCN1/C(=C2/C/C(=C3/N(CCCC)c4ccccc4S3(C)C)c3ccccc32)S(C)(C)c2ccccc21. The highest BCUT2D eigenvalue weighted by Gasteiger charge is 2.44. The second-order valence-corrected chi connectivity index (χ2v) is 18.8. The van der Waals surface area contributed by atoms with Gasteiger partial charge in [0.1, 0.15) is 0 Å². The number of fused-ring (bicyclic) bond motifs is 3. The molecule has 0 unspecified atom stereocenters. The van der Waals surface area contributed by atoms with Crippen molar-refractivity contribution in [3.05, 3.63) is 94.0 Å². The molecular formula is C35H44N2S2. The summed E-state index contributed by atoms with van der Waals surface area (Å²) >= 11 is 0. The molecule has 206 valence electrons. The van der Waals surface area contributed by atoms with Gasteiger partial charge in [-0.3, -0.25) is 0 Å². The Kier molecular flexibility index (Phi) is 6.92. The lowest BCUT2D eigenvalue weighted by Crippen LogP contribution is -2.22. The molecule has 2 aliphatic heterocycles. The van der Waals surface area contributed by atoms with Gasteiger partial charge in [0.25, 0.3) is 0 Å². The smallest absolute Gasteiger partial charge is 0.0658 e. The van der Waals surface area contributed by atoms with Crippen LogP contribution in [0.2, 0.25) is 0 Å². The molecule has 4 heteroatoms. The van der Waals surface area contributed by atoms with Crippen LogP contribution < -0.4 is 9.80 Å². The molecule has 0 bridgehead atoms. The van der Waals surface area contributed by atoms with Crippen molar-refractivity contribution in [2.24, 2.45) is 0 Å². The molecular weight excluding hydrogens is 513 g/mol. The molecule has 2 heterocycles. The maximum Gasteiger partial charge on any atom is 0.0658 e. The Labute approximate surface area is 239 Å². The minimum absolute atomic E-state index is 1.03. The third-order valence-electron chi connectivity index (χ3n) is 8.79. The molecule has 0 spiro atoms. The molecule has 39 heavy (non-hydrogen) atoms. The summed E-state index contributed by atoms with van der Waals surface area (Å²) in [5.41, 5.74) is 8.95. The van der Waals surface area contributed by atoms with Crippen LogP contribution in [-0.2, 0) is 0 Å². The van der Waals surface area contributed by atoms with Gasteiger partial charge < -0.3 is 9.80 Å². The first-order valence-electron chi connectivity index (χ1n) is 14.6. The molecule has 1 aliphatic carbocycles. The number of para-hydroxylation sites is 2. The molecule has 0 aromatic heterocycles. The molecule has 0 N–H and O–H groups in total. The summed E-state index contributed by atoms with van der Waals surface area (Å²) in [5, 5.41) is 3.20. The molecule has 0 radical (unpaired) electrons. The van der Waals surface area contributed by atoms with Crippen LogP contribution in [0.5, 0.6) is 0 Å². The van der Waals surface area contributed by atoms with Gasteiger partial charge in [0, 0.05) is 29.3 Å². The summed E-state index contributed by atoms with van der Waals surface area (Å²) in [6.45, 7) is 6.82. The van der Waals surface area contributed by atoms with Gasteiger partial charge in [0.05, 0.1) is 21.4 Å². The first-order valence-corrected chi connectivity index (χ1v) is 19.5. The van der Waals surface area contributed by atoms with Crippen molar-refractivity contribution >= 4 is 42.6 Å². The van der Waals surface area contributed by atoms with Gasteiger partial charge in [-0.15, -0.1) is 0 Å². The third-order valence-corrected chi connectivity index (χ3v) is 14.5. The van der Waals surface area contributed by atoms with E-state index in [1.807, 2.05) is 0 Å². The molecule has 3 aliphatic rings. The number of rotatable bonds is 6. The summed E-state index contributed by atoms with van der Waals surface area (Å²) in [6.07, 6.45) is 16.0. The molecule has 0 amide bonds. The molecule has 0 saturated carbocycles. The van der Waals surface area contributed by atoms with Crippen LogP contribution in [0.25, 0.3) is 11.1 Å². The van der Waals surface area contributed by atoms with Gasteiger partial charge in [0.2, 0.25) is 0 Å². The van der Waals surface area contributed by atoms with E-state index in [9.17, 15) is 0 Å². The van der Waals surface area contributed by atoms with E-state index in [0.717, 1.165) is 19.5 Å². The molecule has 6 rings (SSSR count). The van der Waals surface area contributed by atoms with Crippen LogP contribution in [0.1, 0.15) is 57.1 Å². The zero-order valence-corrected chi connectivity index (χ0v) is 26.2. The molecule has 2 nitrogen and oxygen atoms in total. The molecule has 3 aromatic rings. The summed E-state index contributed by atoms with van der Waals surface area (Å²) < 4.78 is 0. The lowest BCUT2D eigenvalue weighted by molar-refractivity contribution is 0.778. The van der Waals surface area contributed by atoms with Crippen molar-refractivity contribution in [3.63, 3.8) is 0 Å². The van der Waals surface area contributed by atoms with E-state index in [-0.39, 0.29) is 0 Å². The van der Waals surface area contributed by atoms with E-state index in [0.29, 0.717) is 0 Å². The number of allylic oxidation sites excluding steroid dienone is 2. The Bertz CT molecular complexity index is 1370. The second-order valence-electron chi connectivity index (χ2n) is 11.9. The van der Waals surface area contributed by atoms with E-state index in [1.54, 1.807) is 31.0 Å². The Morgan fingerprint density at radius 3 is 1.36 bits per heavy atom. The Morgan fingerprint density at radius 1 is 0.564 bits per heavy atom. The van der Waals surface area contributed by atoms with Gasteiger partial charge in [-0.05, 0) is 84.4 Å². The van der Waals surface area contributed by atoms with Crippen molar-refractivity contribution in [2.45, 2.75) is 55.7 Å². The van der Waals surface area contributed by atoms with Crippen LogP contribution in [0.3, 0.4) is 0 Å². The monoisotopic (exact) mass is 556 g/mol. The first kappa shape index (κ1) is 26.7. The fourth-order valence-electron chi connectivity index (χ4n) is 6.98. The maximum absolute atomic E-state index is 2.71. The van der Waals surface area contributed by atoms with E-state index in [2.05, 4.69) is 121 Å². The minimum atomic E-state index is -1.13. The largest absolute Gasteiger partial charge is 0.336 e. The zero-order chi connectivity index (χ0) is 27.4. The van der Waals surface area contributed by atoms with Gasteiger partial charge >= 0.3 is 0 Å². The van der Waals surface area contributed by atoms with Crippen molar-refractivity contribution in [1.29, 1.82) is 0 Å². The average molecular weight is 557 g/mol. The number of benzene rings is 3. The van der Waals surface area contributed by atoms with Crippen molar-refractivity contribution < 1.29 is 0 Å². The van der Waals surface area contributed by atoms with Crippen LogP contribution in [0, 0.1) is 0 Å². The highest BCUT2D eigenvalue weighted by Crippen LogP contribution is 2.72. The second kappa shape index (κ2) is 10.1. The molecule has 0 fully saturated rings. The summed E-state index contributed by atoms with van der Waals surface area (Å²) in [7, 11) is -2.27. The van der Waals surface area contributed by atoms with Crippen LogP contribution >= 0.6 is 20.1 Å². The summed E-state index contributed by atoms with van der Waals surface area (Å²) in [4.78, 5) is 8.52. The Balaban J connectivity index is 1.60. The summed E-state index contributed by atoms with van der Waals surface area (Å²) in [6, 6.07) is 27.8. The third kappa shape index (κ3) is 4.09. The maximum atomic E-state index is 2.71. The minimum Gasteiger partial charge on any atom is -0.336 e. The fraction of sp³-hybridized carbons (Fsp3) is 0.371. The van der Waals surface area contributed by atoms with Crippen molar-refractivity contribution in [1.82, 2.24) is 0 Å². The van der Waals surface area contributed by atoms with Crippen molar-refractivity contribution in [2.75, 3.05) is 47.9 Å². The lowest BCUT2D eigenvalue weighted by atomic mass is 10.1. The number of hydrogen-bond acceptors (Lipinski definition) is 2. The number of nitrogens with zero attached hydrogens (tertiary/aromatic N) is 2. The first-order chi connectivity index (χ1) is 18.8. The molecule has 3 aromatic carbocycles. The number of anilines is 2. The lowest BCUT2D eigenvalue weighted by Gasteiger charge is -2.34. The normalized spacial score (nSPS) is 23.9. The van der Waals surface area contributed by atoms with Gasteiger partial charge in [-0.1, -0.05) is 75.2 Å². The highest BCUT2D eigenvalue weighted by atomic mass is 32.3. The Morgan fingerprint density at radius 2 is 0.949 bits per heavy atom. The highest BCUT2D eigenvalue weighted by molar-refractivity contribution is 8.36. The standard InChI is InChI=1S/C35H44N2S2/c1-7-9-23-36-30-19-13-15-21-32(30)38(3,4)34(36)28-25-29(27-18-12-11-17-26(27)28)35-37(24-10-8-2)31-20-14-16-22-33(31)39(35,5)6/h11-22H,7-10,23-25H2,1-6H3/b34-28+,35-29+. The Hall–Kier alpha value is -2.56. The number of hydrogen-bond donors (Lipinski definition) is 0. The van der Waals surface area contributed by atoms with E-state index in [4.69, 9.17) is 0 Å². The van der Waals surface area contributed by atoms with Gasteiger partial charge in [0.15, 0.2) is 0 Å². The topological polar surface area (TPSA) is 6.48 Å². The zero-order valence-electron chi connectivity index (χ0n) is 24.6. The molecule has 0 saturated heterocycles. The summed E-state index contributed by atoms with van der Waals surface area (Å²) in [5.74, 6) is 0. The van der Waals surface area contributed by atoms with Crippen molar-refractivity contribution in [3.8, 4) is 0 Å².